The molecule has 1 aliphatic rings. The van der Waals surface area contributed by atoms with Crippen LogP contribution in [0.2, 0.25) is 0 Å². The molecule has 2 nitrogen and oxygen atoms in total. The highest BCUT2D eigenvalue weighted by Crippen LogP contribution is 2.32. The summed E-state index contributed by atoms with van der Waals surface area (Å²) in [4.78, 5) is 14.8. The van der Waals surface area contributed by atoms with Gasteiger partial charge in [0, 0.05) is 18.0 Å². The third-order valence-electron chi connectivity index (χ3n) is 2.37. The van der Waals surface area contributed by atoms with E-state index >= 15 is 0 Å². The van der Waals surface area contributed by atoms with Crippen LogP contribution in [0.3, 0.4) is 0 Å². The van der Waals surface area contributed by atoms with Gasteiger partial charge in [-0.2, -0.15) is 0 Å². The molecule has 0 radical (unpaired) electrons. The molecular weight excluding hydrogens is 206 g/mol. The Morgan fingerprint density at radius 1 is 1.40 bits per heavy atom. The van der Waals surface area contributed by atoms with Gasteiger partial charge in [0.2, 0.25) is 0 Å². The van der Waals surface area contributed by atoms with Gasteiger partial charge in [-0.05, 0) is 29.3 Å². The lowest BCUT2D eigenvalue weighted by Crippen LogP contribution is -2.33. The van der Waals surface area contributed by atoms with E-state index in [4.69, 9.17) is 0 Å². The minimum absolute atomic E-state index is 0.183. The fraction of sp³-hybridized carbons (Fsp3) is 0.417. The Morgan fingerprint density at radius 2 is 2.13 bits per heavy atom. The van der Waals surface area contributed by atoms with Crippen molar-refractivity contribution < 1.29 is 4.79 Å². The van der Waals surface area contributed by atoms with Crippen LogP contribution < -0.4 is 0 Å². The van der Waals surface area contributed by atoms with E-state index in [-0.39, 0.29) is 5.24 Å². The van der Waals surface area contributed by atoms with Crippen LogP contribution in [0.25, 0.3) is 0 Å². The highest BCUT2D eigenvalue weighted by Gasteiger charge is 2.23. The summed E-state index contributed by atoms with van der Waals surface area (Å²) >= 11 is 1.35. The summed E-state index contributed by atoms with van der Waals surface area (Å²) in [5, 5.41) is 0.183. The van der Waals surface area contributed by atoms with Gasteiger partial charge in [0.25, 0.3) is 5.24 Å². The number of rotatable bonds is 2. The molecule has 15 heavy (non-hydrogen) atoms. The molecule has 0 atom stereocenters. The smallest absolute Gasteiger partial charge is 0.286 e. The zero-order chi connectivity index (χ0) is 10.8. The van der Waals surface area contributed by atoms with Crippen LogP contribution >= 0.6 is 11.8 Å². The lowest BCUT2D eigenvalue weighted by Gasteiger charge is -2.29. The van der Waals surface area contributed by atoms with E-state index in [1.165, 1.54) is 17.3 Å². The summed E-state index contributed by atoms with van der Waals surface area (Å²) in [6.07, 6.45) is 0. The standard InChI is InChI=1S/C12H15NOS/c1-9(2)7-13-8-10-5-3-4-6-11(10)15-12(13)14/h3-6,9H,7-8H2,1-2H3. The van der Waals surface area contributed by atoms with Crippen molar-refractivity contribution >= 4 is 17.0 Å². The van der Waals surface area contributed by atoms with Crippen LogP contribution in [0.1, 0.15) is 19.4 Å². The average Bonchev–Trinajstić information content (AvgIpc) is 2.18. The van der Waals surface area contributed by atoms with Gasteiger partial charge in [-0.1, -0.05) is 32.0 Å². The fourth-order valence-electron chi connectivity index (χ4n) is 1.74. The zero-order valence-electron chi connectivity index (χ0n) is 9.06. The Hall–Kier alpha value is -0.960. The van der Waals surface area contributed by atoms with E-state index in [9.17, 15) is 4.79 Å². The van der Waals surface area contributed by atoms with Crippen LogP contribution in [0.5, 0.6) is 0 Å². The second-order valence-corrected chi connectivity index (χ2v) is 5.24. The lowest BCUT2D eigenvalue weighted by atomic mass is 10.1. The number of nitrogens with zero attached hydrogens (tertiary/aromatic N) is 1. The monoisotopic (exact) mass is 221 g/mol. The van der Waals surface area contributed by atoms with Gasteiger partial charge in [-0.3, -0.25) is 4.79 Å². The Labute approximate surface area is 94.7 Å². The maximum Gasteiger partial charge on any atom is 0.286 e. The van der Waals surface area contributed by atoms with Crippen molar-refractivity contribution in [2.24, 2.45) is 5.92 Å². The van der Waals surface area contributed by atoms with E-state index in [1.807, 2.05) is 23.1 Å². The van der Waals surface area contributed by atoms with Gasteiger partial charge >= 0.3 is 0 Å². The summed E-state index contributed by atoms with van der Waals surface area (Å²) in [5.74, 6) is 0.528. The number of carbonyl (C=O) groups excluding carboxylic acids is 1. The second kappa shape index (κ2) is 4.27. The van der Waals surface area contributed by atoms with Crippen LogP contribution in [0.15, 0.2) is 29.2 Å². The van der Waals surface area contributed by atoms with Gasteiger partial charge in [-0.15, -0.1) is 0 Å². The Morgan fingerprint density at radius 3 is 2.87 bits per heavy atom. The van der Waals surface area contributed by atoms with Crippen LogP contribution in [-0.4, -0.2) is 16.7 Å². The van der Waals surface area contributed by atoms with Crippen molar-refractivity contribution in [3.63, 3.8) is 0 Å². The summed E-state index contributed by atoms with van der Waals surface area (Å²) in [7, 11) is 0. The molecule has 3 heteroatoms. The van der Waals surface area contributed by atoms with E-state index in [0.717, 1.165) is 18.0 Å². The summed E-state index contributed by atoms with van der Waals surface area (Å²) in [5.41, 5.74) is 1.27. The minimum atomic E-state index is 0.183. The minimum Gasteiger partial charge on any atom is -0.329 e. The largest absolute Gasteiger partial charge is 0.329 e. The van der Waals surface area contributed by atoms with Crippen molar-refractivity contribution in [1.29, 1.82) is 0 Å². The van der Waals surface area contributed by atoms with Gasteiger partial charge < -0.3 is 4.90 Å². The highest BCUT2D eigenvalue weighted by molar-refractivity contribution is 8.13. The Kier molecular flexibility index (Phi) is 3.00. The Balaban J connectivity index is 2.18. The highest BCUT2D eigenvalue weighted by atomic mass is 32.2. The fourth-order valence-corrected chi connectivity index (χ4v) is 2.61. The first-order valence-electron chi connectivity index (χ1n) is 5.21. The van der Waals surface area contributed by atoms with Gasteiger partial charge in [0.15, 0.2) is 0 Å². The number of amides is 1. The van der Waals surface area contributed by atoms with Crippen molar-refractivity contribution in [2.45, 2.75) is 25.3 Å². The molecule has 80 valence electrons. The molecule has 0 aromatic heterocycles. The maximum atomic E-state index is 11.8. The second-order valence-electron chi connectivity index (χ2n) is 4.25. The van der Waals surface area contributed by atoms with E-state index < -0.39 is 0 Å². The van der Waals surface area contributed by atoms with Gasteiger partial charge in [-0.25, -0.2) is 0 Å². The van der Waals surface area contributed by atoms with Crippen molar-refractivity contribution in [3.05, 3.63) is 29.8 Å². The molecule has 1 heterocycles. The molecule has 0 N–H and O–H groups in total. The summed E-state index contributed by atoms with van der Waals surface area (Å²) < 4.78 is 0. The molecule has 0 spiro atoms. The number of hydrogen-bond acceptors (Lipinski definition) is 2. The van der Waals surface area contributed by atoms with Crippen molar-refractivity contribution in [1.82, 2.24) is 4.90 Å². The van der Waals surface area contributed by atoms with Crippen molar-refractivity contribution in [3.8, 4) is 0 Å². The molecule has 1 aromatic carbocycles. The van der Waals surface area contributed by atoms with Gasteiger partial charge in [0.05, 0.1) is 0 Å². The van der Waals surface area contributed by atoms with E-state index in [1.54, 1.807) is 0 Å². The topological polar surface area (TPSA) is 20.3 Å². The predicted molar refractivity (Wildman–Crippen MR) is 62.9 cm³/mol. The molecular formula is C12H15NOS. The third kappa shape index (κ3) is 2.34. The average molecular weight is 221 g/mol. The molecule has 0 bridgehead atoms. The van der Waals surface area contributed by atoms with E-state index in [0.29, 0.717) is 5.92 Å². The van der Waals surface area contributed by atoms with Crippen LogP contribution in [-0.2, 0) is 6.54 Å². The third-order valence-corrected chi connectivity index (χ3v) is 3.43. The molecule has 0 fully saturated rings. The van der Waals surface area contributed by atoms with E-state index in [2.05, 4.69) is 19.9 Å². The molecule has 0 unspecified atom stereocenters. The molecule has 1 aliphatic heterocycles. The molecule has 0 saturated carbocycles. The summed E-state index contributed by atoms with van der Waals surface area (Å²) in [6.45, 7) is 5.89. The Bertz CT molecular complexity index is 376. The van der Waals surface area contributed by atoms with Crippen LogP contribution in [0, 0.1) is 5.92 Å². The number of thioether (sulfide) groups is 1. The quantitative estimate of drug-likeness (QED) is 0.763. The molecule has 0 saturated heterocycles. The zero-order valence-corrected chi connectivity index (χ0v) is 9.88. The number of hydrogen-bond donors (Lipinski definition) is 0. The number of fused-ring (bicyclic) bond motifs is 1. The molecule has 1 amide bonds. The predicted octanol–water partition coefficient (Wildman–Crippen LogP) is 3.37. The normalized spacial score (nSPS) is 15.7. The molecule has 2 rings (SSSR count). The molecule has 1 aromatic rings. The van der Waals surface area contributed by atoms with Gasteiger partial charge in [0.1, 0.15) is 0 Å². The first-order valence-corrected chi connectivity index (χ1v) is 6.03. The first kappa shape index (κ1) is 10.6. The van der Waals surface area contributed by atoms with Crippen LogP contribution in [0.4, 0.5) is 4.79 Å². The SMILES string of the molecule is CC(C)CN1Cc2ccccc2SC1=O. The first-order chi connectivity index (χ1) is 7.16. The number of benzene rings is 1. The summed E-state index contributed by atoms with van der Waals surface area (Å²) in [6, 6.07) is 8.13. The van der Waals surface area contributed by atoms with Crippen molar-refractivity contribution in [2.75, 3.05) is 6.54 Å². The maximum absolute atomic E-state index is 11.8. The number of carbonyl (C=O) groups is 1. The lowest BCUT2D eigenvalue weighted by molar-refractivity contribution is 0.211. The molecule has 0 aliphatic carbocycles.